The van der Waals surface area contributed by atoms with E-state index >= 15 is 0 Å². The molecule has 1 atom stereocenters. The average Bonchev–Trinajstić information content (AvgIpc) is 1.83. The molecule has 0 saturated carbocycles. The third-order valence-corrected chi connectivity index (χ3v) is 1.11. The van der Waals surface area contributed by atoms with Crippen LogP contribution in [-0.2, 0) is 4.74 Å². The van der Waals surface area contributed by atoms with E-state index < -0.39 is 12.7 Å². The van der Waals surface area contributed by atoms with E-state index in [1.165, 1.54) is 0 Å². The Morgan fingerprint density at radius 1 is 1.50 bits per heavy atom. The second-order valence-electron chi connectivity index (χ2n) is 2.26. The number of alkyl halides is 3. The molecular formula is C6H12F3NOS. The molecule has 0 rings (SSSR count). The molecule has 0 spiro atoms. The van der Waals surface area contributed by atoms with Crippen LogP contribution in [0.5, 0.6) is 0 Å². The van der Waals surface area contributed by atoms with Gasteiger partial charge in [-0.2, -0.15) is 13.2 Å². The molecular weight excluding hydrogens is 191 g/mol. The van der Waals surface area contributed by atoms with E-state index in [9.17, 15) is 13.2 Å². The normalized spacial score (nSPS) is 14.8. The first kappa shape index (κ1) is 12.1. The molecule has 0 aromatic rings. The van der Waals surface area contributed by atoms with Crippen LogP contribution in [0.25, 0.3) is 0 Å². The van der Waals surface area contributed by atoms with Crippen molar-refractivity contribution in [3.05, 3.63) is 0 Å². The van der Waals surface area contributed by atoms with Gasteiger partial charge >= 0.3 is 6.18 Å². The standard InChI is InChI=1S/C6H12F3NOS/c1-5(12)11-3-2-10-4-6(7,8)9/h5,10,12H,2-4H2,1H3. The quantitative estimate of drug-likeness (QED) is 0.401. The lowest BCUT2D eigenvalue weighted by molar-refractivity contribution is -0.125. The smallest absolute Gasteiger partial charge is 0.367 e. The Labute approximate surface area is 74.9 Å². The lowest BCUT2D eigenvalue weighted by Crippen LogP contribution is -2.31. The van der Waals surface area contributed by atoms with Crippen molar-refractivity contribution >= 4 is 12.6 Å². The molecule has 0 amide bonds. The van der Waals surface area contributed by atoms with E-state index in [1.807, 2.05) is 0 Å². The molecule has 0 fully saturated rings. The summed E-state index contributed by atoms with van der Waals surface area (Å²) in [5.74, 6) is 0. The summed E-state index contributed by atoms with van der Waals surface area (Å²) in [6.07, 6.45) is -4.15. The molecule has 0 aliphatic carbocycles. The molecule has 2 nitrogen and oxygen atoms in total. The van der Waals surface area contributed by atoms with Crippen molar-refractivity contribution in [2.24, 2.45) is 0 Å². The van der Waals surface area contributed by atoms with Crippen LogP contribution in [-0.4, -0.2) is 31.3 Å². The van der Waals surface area contributed by atoms with Gasteiger partial charge < -0.3 is 10.1 Å². The van der Waals surface area contributed by atoms with Gasteiger partial charge in [-0.1, -0.05) is 0 Å². The second-order valence-corrected chi connectivity index (χ2v) is 2.99. The molecule has 0 radical (unpaired) electrons. The van der Waals surface area contributed by atoms with Gasteiger partial charge in [0.25, 0.3) is 0 Å². The highest BCUT2D eigenvalue weighted by atomic mass is 32.1. The predicted octanol–water partition coefficient (Wildman–Crippen LogP) is 1.43. The SMILES string of the molecule is CC(S)OCCNCC(F)(F)F. The minimum atomic E-state index is -4.15. The first-order valence-corrected chi connectivity index (χ1v) is 4.00. The van der Waals surface area contributed by atoms with Gasteiger partial charge in [0, 0.05) is 6.54 Å². The van der Waals surface area contributed by atoms with Gasteiger partial charge in [-0.25, -0.2) is 0 Å². The third-order valence-electron chi connectivity index (χ3n) is 0.963. The zero-order valence-electron chi connectivity index (χ0n) is 6.69. The van der Waals surface area contributed by atoms with E-state index in [1.54, 1.807) is 6.92 Å². The van der Waals surface area contributed by atoms with E-state index in [-0.39, 0.29) is 18.6 Å². The largest absolute Gasteiger partial charge is 0.401 e. The van der Waals surface area contributed by atoms with Crippen molar-refractivity contribution in [3.63, 3.8) is 0 Å². The first-order chi connectivity index (χ1) is 5.42. The third kappa shape index (κ3) is 10.1. The molecule has 0 bridgehead atoms. The minimum Gasteiger partial charge on any atom is -0.367 e. The topological polar surface area (TPSA) is 21.3 Å². The molecule has 1 N–H and O–H groups in total. The lowest BCUT2D eigenvalue weighted by Gasteiger charge is -2.09. The fourth-order valence-electron chi connectivity index (χ4n) is 0.532. The number of thiol groups is 1. The van der Waals surface area contributed by atoms with Gasteiger partial charge in [0.2, 0.25) is 0 Å². The highest BCUT2D eigenvalue weighted by molar-refractivity contribution is 7.80. The van der Waals surface area contributed by atoms with Crippen LogP contribution in [0.2, 0.25) is 0 Å². The molecule has 0 aromatic heterocycles. The van der Waals surface area contributed by atoms with Crippen LogP contribution >= 0.6 is 12.6 Å². The minimum absolute atomic E-state index is 0.185. The Morgan fingerprint density at radius 3 is 2.50 bits per heavy atom. The first-order valence-electron chi connectivity index (χ1n) is 3.49. The Bertz CT molecular complexity index is 118. The summed E-state index contributed by atoms with van der Waals surface area (Å²) in [6, 6.07) is 0. The summed E-state index contributed by atoms with van der Waals surface area (Å²) in [7, 11) is 0. The average molecular weight is 203 g/mol. The van der Waals surface area contributed by atoms with E-state index in [4.69, 9.17) is 4.74 Å². The van der Waals surface area contributed by atoms with Crippen LogP contribution in [0.4, 0.5) is 13.2 Å². The van der Waals surface area contributed by atoms with Gasteiger partial charge in [-0.05, 0) is 6.92 Å². The van der Waals surface area contributed by atoms with Crippen molar-refractivity contribution in [1.29, 1.82) is 0 Å². The van der Waals surface area contributed by atoms with Crippen LogP contribution in [0.1, 0.15) is 6.92 Å². The van der Waals surface area contributed by atoms with Gasteiger partial charge in [-0.3, -0.25) is 0 Å². The molecule has 6 heteroatoms. The molecule has 0 saturated heterocycles. The number of hydrogen-bond acceptors (Lipinski definition) is 3. The number of hydrogen-bond donors (Lipinski definition) is 2. The summed E-state index contributed by atoms with van der Waals surface area (Å²) in [6.45, 7) is 1.15. The van der Waals surface area contributed by atoms with Crippen molar-refractivity contribution in [3.8, 4) is 0 Å². The Kier molecular flexibility index (Phi) is 5.69. The molecule has 0 aliphatic heterocycles. The number of rotatable bonds is 5. The number of halogens is 3. The van der Waals surface area contributed by atoms with E-state index in [0.717, 1.165) is 0 Å². The van der Waals surface area contributed by atoms with E-state index in [2.05, 4.69) is 17.9 Å². The van der Waals surface area contributed by atoms with Gasteiger partial charge in [-0.15, -0.1) is 12.6 Å². The summed E-state index contributed by atoms with van der Waals surface area (Å²) in [5, 5.41) is 2.20. The number of ether oxygens (including phenoxy) is 1. The molecule has 1 unspecified atom stereocenters. The zero-order chi connectivity index (χ0) is 9.61. The van der Waals surface area contributed by atoms with Crippen LogP contribution in [0, 0.1) is 0 Å². The molecule has 12 heavy (non-hydrogen) atoms. The summed E-state index contributed by atoms with van der Waals surface area (Å²) >= 11 is 3.88. The predicted molar refractivity (Wildman–Crippen MR) is 43.3 cm³/mol. The van der Waals surface area contributed by atoms with Gasteiger partial charge in [0.15, 0.2) is 0 Å². The molecule has 74 valence electrons. The Morgan fingerprint density at radius 2 is 2.08 bits per heavy atom. The fraction of sp³-hybridized carbons (Fsp3) is 1.00. The summed E-state index contributed by atoms with van der Waals surface area (Å²) in [4.78, 5) is 0. The van der Waals surface area contributed by atoms with Crippen molar-refractivity contribution in [1.82, 2.24) is 5.32 Å². The summed E-state index contributed by atoms with van der Waals surface area (Å²) in [5.41, 5.74) is -0.238. The maximum Gasteiger partial charge on any atom is 0.401 e. The lowest BCUT2D eigenvalue weighted by atomic mass is 10.6. The van der Waals surface area contributed by atoms with Crippen molar-refractivity contribution < 1.29 is 17.9 Å². The molecule has 0 aromatic carbocycles. The van der Waals surface area contributed by atoms with Crippen molar-refractivity contribution in [2.45, 2.75) is 18.5 Å². The van der Waals surface area contributed by atoms with Crippen molar-refractivity contribution in [2.75, 3.05) is 19.7 Å². The molecule has 0 heterocycles. The van der Waals surface area contributed by atoms with Gasteiger partial charge in [0.1, 0.15) is 0 Å². The maximum absolute atomic E-state index is 11.5. The Balaban J connectivity index is 3.12. The molecule has 0 aliphatic rings. The van der Waals surface area contributed by atoms with Gasteiger partial charge in [0.05, 0.1) is 18.6 Å². The number of nitrogens with one attached hydrogen (secondary N) is 1. The zero-order valence-corrected chi connectivity index (χ0v) is 7.58. The maximum atomic E-state index is 11.5. The monoisotopic (exact) mass is 203 g/mol. The highest BCUT2D eigenvalue weighted by Gasteiger charge is 2.25. The highest BCUT2D eigenvalue weighted by Crippen LogP contribution is 2.11. The van der Waals surface area contributed by atoms with Crippen LogP contribution < -0.4 is 5.32 Å². The van der Waals surface area contributed by atoms with Crippen LogP contribution in [0.15, 0.2) is 0 Å². The Hall–Kier alpha value is 0.0600. The van der Waals surface area contributed by atoms with Crippen LogP contribution in [0.3, 0.4) is 0 Å². The second kappa shape index (κ2) is 5.66. The summed E-state index contributed by atoms with van der Waals surface area (Å²) < 4.78 is 39.5. The fourth-order valence-corrected chi connectivity index (χ4v) is 0.637. The van der Waals surface area contributed by atoms with E-state index in [0.29, 0.717) is 0 Å².